The monoisotopic (exact) mass is 1450 g/mol. The first kappa shape index (κ1) is 72.8. The molecule has 2 atom stereocenters. The molecule has 16 rings (SSSR count). The average Bonchev–Trinajstić information content (AvgIpc) is 1.62. The second-order valence-electron chi connectivity index (χ2n) is 28.1. The lowest BCUT2D eigenvalue weighted by Crippen LogP contribution is -2.52. The number of benzene rings is 6. The molecule has 6 aromatic carbocycles. The summed E-state index contributed by atoms with van der Waals surface area (Å²) in [6.07, 6.45) is 11.7. The van der Waals surface area contributed by atoms with Crippen molar-refractivity contribution in [2.24, 2.45) is 0 Å². The minimum absolute atomic E-state index is 0.0498. The number of piperidine rings is 3. The predicted molar refractivity (Wildman–Crippen MR) is 418 cm³/mol. The molecular weight excluding hydrogens is 1360 g/mol. The van der Waals surface area contributed by atoms with Crippen LogP contribution in [0.1, 0.15) is 121 Å². The van der Waals surface area contributed by atoms with E-state index in [1.807, 2.05) is 180 Å². The summed E-state index contributed by atoms with van der Waals surface area (Å²) in [7, 11) is 2.14. The van der Waals surface area contributed by atoms with Gasteiger partial charge in [-0.15, -0.1) is 0 Å². The topological polar surface area (TPSA) is 332 Å². The molecule has 6 aromatic heterocycles. The molecule has 4 saturated heterocycles. The van der Waals surface area contributed by atoms with Crippen LogP contribution in [0.4, 0.5) is 17.5 Å². The van der Waals surface area contributed by atoms with Crippen molar-refractivity contribution in [2.75, 3.05) is 76.7 Å². The van der Waals surface area contributed by atoms with Gasteiger partial charge in [0.05, 0.1) is 53.5 Å². The number of nitrogens with zero attached hydrogens (tertiary/aromatic N) is 15. The van der Waals surface area contributed by atoms with Crippen LogP contribution in [0.15, 0.2) is 177 Å². The number of ether oxygens (including phenoxy) is 1. The van der Waals surface area contributed by atoms with Crippen LogP contribution in [-0.2, 0) is 29.2 Å². The van der Waals surface area contributed by atoms with E-state index in [1.54, 1.807) is 4.90 Å². The number of likely N-dealkylation sites (N-methyl/N-ethyl adjacent to an activating group) is 1. The third kappa shape index (κ3) is 15.9. The molecule has 2 unspecified atom stereocenters. The fraction of sp³-hybridized carbons (Fsp3) is 0.305. The first-order valence-corrected chi connectivity index (χ1v) is 36.7. The van der Waals surface area contributed by atoms with Crippen molar-refractivity contribution >= 4 is 74.2 Å². The number of nitrogen functional groups attached to an aromatic ring is 3. The van der Waals surface area contributed by atoms with Crippen molar-refractivity contribution in [3.05, 3.63) is 227 Å². The highest BCUT2D eigenvalue weighted by molar-refractivity contribution is 6.01. The number of aromatic nitrogens is 12. The van der Waals surface area contributed by atoms with Gasteiger partial charge in [0, 0.05) is 79.2 Å². The van der Waals surface area contributed by atoms with E-state index in [9.17, 15) is 19.2 Å². The summed E-state index contributed by atoms with van der Waals surface area (Å²) in [5.74, 6) is 0.941. The fourth-order valence-electron chi connectivity index (χ4n) is 14.8. The van der Waals surface area contributed by atoms with E-state index in [0.29, 0.717) is 89.6 Å². The second kappa shape index (κ2) is 32.7. The van der Waals surface area contributed by atoms with Crippen molar-refractivity contribution in [3.8, 4) is 33.8 Å². The normalized spacial score (nSPS) is 16.4. The van der Waals surface area contributed by atoms with Gasteiger partial charge in [0.1, 0.15) is 53.5 Å². The Bertz CT molecular complexity index is 5260. The van der Waals surface area contributed by atoms with Gasteiger partial charge in [-0.2, -0.15) is 15.3 Å². The van der Waals surface area contributed by atoms with Gasteiger partial charge in [-0.05, 0) is 137 Å². The summed E-state index contributed by atoms with van der Waals surface area (Å²) in [6, 6.07) is 47.7. The smallest absolute Gasteiger partial charge is 0.251 e. The molecule has 12 aromatic rings. The average molecular weight is 1450 g/mol. The molecule has 4 aliphatic rings. The number of nitrogens with one attached hydrogen (secondary N) is 3. The van der Waals surface area contributed by atoms with Gasteiger partial charge in [-0.3, -0.25) is 24.1 Å². The van der Waals surface area contributed by atoms with Crippen LogP contribution in [0.5, 0.6) is 0 Å². The molecule has 0 bridgehead atoms. The number of nitrogens with two attached hydrogens (primary N) is 3. The molecule has 9 N–H and O–H groups in total. The molecular formula is C82H89N21O5. The van der Waals surface area contributed by atoms with Gasteiger partial charge < -0.3 is 47.7 Å². The van der Waals surface area contributed by atoms with E-state index in [-0.39, 0.29) is 41.8 Å². The summed E-state index contributed by atoms with van der Waals surface area (Å²) < 4.78 is 11.4. The Balaban J connectivity index is 0.000000136. The van der Waals surface area contributed by atoms with Crippen LogP contribution >= 0.6 is 0 Å². The maximum absolute atomic E-state index is 12.6. The number of rotatable bonds is 17. The summed E-state index contributed by atoms with van der Waals surface area (Å²) in [6.45, 7) is 17.6. The summed E-state index contributed by atoms with van der Waals surface area (Å²) in [5, 5.41) is 26.2. The third-order valence-corrected chi connectivity index (χ3v) is 20.9. The molecule has 0 spiro atoms. The van der Waals surface area contributed by atoms with Crippen LogP contribution in [0.2, 0.25) is 0 Å². The highest BCUT2D eigenvalue weighted by Crippen LogP contribution is 2.38. The first-order valence-electron chi connectivity index (χ1n) is 36.7. The summed E-state index contributed by atoms with van der Waals surface area (Å²) in [5.41, 5.74) is 34.1. The molecule has 0 saturated carbocycles. The van der Waals surface area contributed by atoms with Crippen molar-refractivity contribution < 1.29 is 23.9 Å². The maximum Gasteiger partial charge on any atom is 0.251 e. The molecule has 0 aliphatic carbocycles. The van der Waals surface area contributed by atoms with Gasteiger partial charge in [0.2, 0.25) is 5.91 Å². The number of anilines is 3. The second-order valence-corrected chi connectivity index (χ2v) is 28.1. The Morgan fingerprint density at radius 1 is 0.454 bits per heavy atom. The third-order valence-electron chi connectivity index (χ3n) is 20.9. The number of amides is 4. The molecule has 26 nitrogen and oxygen atoms in total. The van der Waals surface area contributed by atoms with E-state index >= 15 is 0 Å². The summed E-state index contributed by atoms with van der Waals surface area (Å²) >= 11 is 0. The van der Waals surface area contributed by atoms with Crippen LogP contribution in [0, 0.1) is 20.8 Å². The SMILES string of the molecule is C=CC(=O)N1CCC(n2nc(-c3ccc(CNC(=O)c4ccccc4C)cc3)c3c(N)ncnc32)CC1.Cc1ccccc1C(=O)NCc1ccc(-c2nn(C3CCCN(C)C3)c3ncnc(N)c23)cc1.Cc1ccccc1C(=O)NCc1ccc(-c2nn(C3CCCN(C4COC4)C3)c3ncnc(N)c23)cc1. The van der Waals surface area contributed by atoms with E-state index in [0.717, 1.165) is 161 Å². The highest BCUT2D eigenvalue weighted by Gasteiger charge is 2.34. The van der Waals surface area contributed by atoms with E-state index in [2.05, 4.69) is 69.3 Å². The highest BCUT2D eigenvalue weighted by atomic mass is 16.5. The van der Waals surface area contributed by atoms with Crippen molar-refractivity contribution in [1.82, 2.24) is 89.9 Å². The van der Waals surface area contributed by atoms with Crippen LogP contribution in [0.3, 0.4) is 0 Å². The van der Waals surface area contributed by atoms with Crippen molar-refractivity contribution in [1.29, 1.82) is 0 Å². The first-order chi connectivity index (χ1) is 52.5. The number of likely N-dealkylation sites (tertiary alicyclic amines) is 3. The van der Waals surface area contributed by atoms with Crippen LogP contribution in [0.25, 0.3) is 66.9 Å². The number of hydrogen-bond acceptors (Lipinski definition) is 19. The Hall–Kier alpha value is -12.1. The van der Waals surface area contributed by atoms with Crippen molar-refractivity contribution in [2.45, 2.75) is 103 Å². The van der Waals surface area contributed by atoms with Crippen molar-refractivity contribution in [3.63, 3.8) is 0 Å². The quantitative estimate of drug-likeness (QED) is 0.0461. The molecule has 552 valence electrons. The molecule has 4 aliphatic heterocycles. The van der Waals surface area contributed by atoms with E-state index in [4.69, 9.17) is 37.2 Å². The zero-order valence-electron chi connectivity index (χ0n) is 61.2. The number of carbonyl (C=O) groups is 4. The Morgan fingerprint density at radius 2 is 0.815 bits per heavy atom. The molecule has 10 heterocycles. The zero-order chi connectivity index (χ0) is 75.0. The lowest BCUT2D eigenvalue weighted by Gasteiger charge is -2.42. The minimum Gasteiger partial charge on any atom is -0.383 e. The van der Waals surface area contributed by atoms with Gasteiger partial charge in [0.15, 0.2) is 16.9 Å². The Kier molecular flexibility index (Phi) is 22.0. The van der Waals surface area contributed by atoms with Gasteiger partial charge in [-0.1, -0.05) is 134 Å². The van der Waals surface area contributed by atoms with E-state index in [1.165, 1.54) is 25.1 Å². The molecule has 4 fully saturated rings. The number of carbonyl (C=O) groups excluding carboxylic acids is 4. The Morgan fingerprint density at radius 3 is 1.17 bits per heavy atom. The van der Waals surface area contributed by atoms with Crippen LogP contribution in [-0.4, -0.2) is 163 Å². The summed E-state index contributed by atoms with van der Waals surface area (Å²) in [4.78, 5) is 82.6. The van der Waals surface area contributed by atoms with Crippen LogP contribution < -0.4 is 33.2 Å². The lowest BCUT2D eigenvalue weighted by molar-refractivity contribution is -0.127. The Labute approximate surface area is 625 Å². The molecule has 108 heavy (non-hydrogen) atoms. The number of aryl methyl sites for hydroxylation is 3. The number of fused-ring (bicyclic) bond motifs is 3. The van der Waals surface area contributed by atoms with E-state index < -0.39 is 0 Å². The van der Waals surface area contributed by atoms with Gasteiger partial charge in [0.25, 0.3) is 17.7 Å². The zero-order valence-corrected chi connectivity index (χ0v) is 61.2. The largest absolute Gasteiger partial charge is 0.383 e. The molecule has 0 radical (unpaired) electrons. The van der Waals surface area contributed by atoms with Gasteiger partial charge >= 0.3 is 0 Å². The minimum atomic E-state index is -0.0994. The lowest BCUT2D eigenvalue weighted by atomic mass is 10.0. The standard InChI is InChI=1S/C28H31N7O2.C28H29N7O2.C26H29N7O/c1-18-5-2-3-7-23(18)28(36)30-13-19-8-10-20(11-9-19)25-24-26(29)31-17-32-27(24)35(33-25)21-6-4-12-34(14-21)22-15-37-16-22;1-3-23(36)34-14-12-21(13-15-34)35-27-24(26(29)31-17-32-27)25(33-35)20-10-8-19(9-11-20)16-30-28(37)22-7-5-4-6-18(22)2;1-17-6-3-4-8-21(17)26(34)28-14-18-9-11-19(12-10-18)23-22-24(27)29-16-30-25(22)33(31-23)20-7-5-13-32(2)15-20/h2-3,5,7-11,17,21-22H,4,6,12-16H2,1H3,(H,30,36)(H2,29,31,32);3-11,17,21H,1,12-16H2,2H3,(H,30,37)(H2,29,31,32);3-4,6,8-12,16,20H,5,7,13-15H2,1-2H3,(H,28,34)(H2,27,29,30). The fourth-order valence-corrected chi connectivity index (χ4v) is 14.8. The predicted octanol–water partition coefficient (Wildman–Crippen LogP) is 10.6. The number of hydrogen-bond donors (Lipinski definition) is 6. The maximum atomic E-state index is 12.6. The van der Waals surface area contributed by atoms with Gasteiger partial charge in [-0.25, -0.2) is 43.9 Å². The molecule has 4 amide bonds. The molecule has 26 heteroatoms.